The first kappa shape index (κ1) is 27.4. The van der Waals surface area contributed by atoms with E-state index in [-0.39, 0.29) is 11.4 Å². The largest absolute Gasteiger partial charge is 0.379 e. The van der Waals surface area contributed by atoms with Crippen molar-refractivity contribution >= 4 is 38.6 Å². The number of piperazine rings is 1. The van der Waals surface area contributed by atoms with Gasteiger partial charge in [-0.1, -0.05) is 11.3 Å². The number of hydrogen-bond acceptors (Lipinski definition) is 9. The van der Waals surface area contributed by atoms with Gasteiger partial charge in [0, 0.05) is 87.6 Å². The minimum absolute atomic E-state index is 0.0267. The summed E-state index contributed by atoms with van der Waals surface area (Å²) in [4.78, 5) is 25.6. The molecule has 2 aromatic carbocycles. The van der Waals surface area contributed by atoms with Crippen LogP contribution in [0.4, 0.5) is 20.9 Å². The monoisotopic (exact) mass is 573 g/mol. The lowest BCUT2D eigenvalue weighted by Crippen LogP contribution is -2.43. The Morgan fingerprint density at radius 2 is 1.83 bits per heavy atom. The minimum Gasteiger partial charge on any atom is -0.379 e. The van der Waals surface area contributed by atoms with Crippen LogP contribution in [0, 0.1) is 17.1 Å². The third-order valence-corrected chi connectivity index (χ3v) is 8.81. The molecule has 212 valence electrons. The molecule has 4 aromatic rings. The van der Waals surface area contributed by atoms with E-state index in [1.165, 1.54) is 23.5 Å². The van der Waals surface area contributed by atoms with Crippen molar-refractivity contribution in [3.63, 3.8) is 0 Å². The van der Waals surface area contributed by atoms with E-state index in [9.17, 15) is 14.4 Å². The van der Waals surface area contributed by atoms with Crippen molar-refractivity contribution in [1.29, 1.82) is 5.26 Å². The average Bonchev–Trinajstić information content (AvgIpc) is 3.46. The fraction of sp³-hybridized carbons (Fsp3) is 0.367. The summed E-state index contributed by atoms with van der Waals surface area (Å²) in [6, 6.07) is 14.3. The Morgan fingerprint density at radius 1 is 1.07 bits per heavy atom. The summed E-state index contributed by atoms with van der Waals surface area (Å²) in [6.45, 7) is 8.04. The number of rotatable bonds is 7. The van der Waals surface area contributed by atoms with E-state index >= 15 is 0 Å². The smallest absolute Gasteiger partial charge is 0.258 e. The molecule has 0 saturated carbocycles. The van der Waals surface area contributed by atoms with Crippen LogP contribution in [-0.2, 0) is 11.3 Å². The molecule has 6 rings (SSSR count). The minimum atomic E-state index is -0.342. The normalized spacial score (nSPS) is 16.2. The highest BCUT2D eigenvalue weighted by atomic mass is 32.1. The van der Waals surface area contributed by atoms with Gasteiger partial charge in [0.1, 0.15) is 22.5 Å². The van der Waals surface area contributed by atoms with Crippen molar-refractivity contribution in [2.24, 2.45) is 0 Å². The molecule has 2 fully saturated rings. The predicted molar refractivity (Wildman–Crippen MR) is 161 cm³/mol. The number of nitriles is 1. The molecule has 0 radical (unpaired) electrons. The highest BCUT2D eigenvalue weighted by Crippen LogP contribution is 2.38. The molecule has 0 spiro atoms. The molecule has 2 aromatic heterocycles. The molecular formula is C30H32FN7O2S. The molecule has 0 amide bonds. The number of halogens is 1. The van der Waals surface area contributed by atoms with E-state index in [0.717, 1.165) is 62.6 Å². The van der Waals surface area contributed by atoms with Crippen molar-refractivity contribution in [2.45, 2.75) is 6.54 Å². The van der Waals surface area contributed by atoms with E-state index in [1.807, 2.05) is 30.3 Å². The molecule has 0 atom stereocenters. The Morgan fingerprint density at radius 3 is 2.56 bits per heavy atom. The number of nitrogens with one attached hydrogen (secondary N) is 1. The van der Waals surface area contributed by atoms with Gasteiger partial charge in [-0.25, -0.2) is 9.37 Å². The first-order valence-electron chi connectivity index (χ1n) is 13.9. The molecule has 2 aliphatic heterocycles. The number of benzene rings is 2. The molecule has 2 aliphatic rings. The number of hydrogen-bond donors (Lipinski definition) is 1. The third-order valence-electron chi connectivity index (χ3n) is 7.77. The zero-order valence-corrected chi connectivity index (χ0v) is 23.8. The van der Waals surface area contributed by atoms with Crippen molar-refractivity contribution in [3.8, 4) is 17.3 Å². The lowest BCUT2D eigenvalue weighted by Gasteiger charge is -2.30. The number of anilines is 3. The maximum Gasteiger partial charge on any atom is 0.258 e. The van der Waals surface area contributed by atoms with Gasteiger partial charge in [-0.3, -0.25) is 9.69 Å². The predicted octanol–water partition coefficient (Wildman–Crippen LogP) is 3.65. The molecule has 41 heavy (non-hydrogen) atoms. The lowest BCUT2D eigenvalue weighted by atomic mass is 10.1. The van der Waals surface area contributed by atoms with Gasteiger partial charge < -0.3 is 24.4 Å². The Hall–Kier alpha value is -3.82. The number of fused-ring (bicyclic) bond motifs is 1. The standard InChI is InChI=1S/C30H32FN7O2S/c1-35(30-34-28(27(19-32)41-30)21-2-4-22(31)5-3-21)26-20-38(13-12-36-14-16-40-17-15-36)29(39)24-7-6-23(18-25(24)26)37-10-8-33-9-11-37/h2-7,18,20,33H,8-17H2,1H3. The summed E-state index contributed by atoms with van der Waals surface area (Å²) in [7, 11) is 1.91. The molecule has 9 nitrogen and oxygen atoms in total. The lowest BCUT2D eigenvalue weighted by molar-refractivity contribution is 0.0363. The third kappa shape index (κ3) is 5.69. The number of ether oxygens (including phenoxy) is 1. The van der Waals surface area contributed by atoms with Crippen molar-refractivity contribution in [2.75, 3.05) is 75.9 Å². The van der Waals surface area contributed by atoms with E-state index in [1.54, 1.807) is 16.7 Å². The maximum atomic E-state index is 13.7. The zero-order chi connectivity index (χ0) is 28.3. The van der Waals surface area contributed by atoms with Crippen LogP contribution in [0.5, 0.6) is 0 Å². The van der Waals surface area contributed by atoms with Crippen LogP contribution in [0.25, 0.3) is 22.0 Å². The van der Waals surface area contributed by atoms with Crippen LogP contribution in [0.3, 0.4) is 0 Å². The number of thiazole rings is 1. The summed E-state index contributed by atoms with van der Waals surface area (Å²) >= 11 is 1.28. The van der Waals surface area contributed by atoms with E-state index in [0.29, 0.717) is 46.4 Å². The van der Waals surface area contributed by atoms with Crippen LogP contribution in [0.1, 0.15) is 4.88 Å². The molecule has 1 N–H and O–H groups in total. The Bertz CT molecular complexity index is 1630. The summed E-state index contributed by atoms with van der Waals surface area (Å²) in [5.41, 5.74) is 3.08. The summed E-state index contributed by atoms with van der Waals surface area (Å²) in [6.07, 6.45) is 1.91. The molecule has 2 saturated heterocycles. The Kier molecular flexibility index (Phi) is 7.98. The first-order chi connectivity index (χ1) is 20.0. The first-order valence-corrected chi connectivity index (χ1v) is 14.7. The molecule has 0 aliphatic carbocycles. The fourth-order valence-electron chi connectivity index (χ4n) is 5.42. The van der Waals surface area contributed by atoms with E-state index < -0.39 is 0 Å². The van der Waals surface area contributed by atoms with Crippen molar-refractivity contribution in [1.82, 2.24) is 19.8 Å². The second kappa shape index (κ2) is 12.0. The molecule has 0 unspecified atom stereocenters. The van der Waals surface area contributed by atoms with Gasteiger partial charge in [0.05, 0.1) is 18.9 Å². The van der Waals surface area contributed by atoms with Gasteiger partial charge in [0.25, 0.3) is 5.56 Å². The maximum absolute atomic E-state index is 13.7. The number of nitrogens with zero attached hydrogens (tertiary/aromatic N) is 6. The second-order valence-electron chi connectivity index (χ2n) is 10.3. The Balaban J connectivity index is 1.42. The van der Waals surface area contributed by atoms with Gasteiger partial charge in [0.15, 0.2) is 5.13 Å². The topological polar surface area (TPSA) is 89.7 Å². The van der Waals surface area contributed by atoms with E-state index in [2.05, 4.69) is 27.3 Å². The molecule has 4 heterocycles. The van der Waals surface area contributed by atoms with Crippen molar-refractivity contribution < 1.29 is 9.13 Å². The highest BCUT2D eigenvalue weighted by molar-refractivity contribution is 7.16. The quantitative estimate of drug-likeness (QED) is 0.359. The molecule has 11 heteroatoms. The average molecular weight is 574 g/mol. The van der Waals surface area contributed by atoms with Gasteiger partial charge in [-0.05, 0) is 42.5 Å². The Labute approximate surface area is 242 Å². The van der Waals surface area contributed by atoms with E-state index in [4.69, 9.17) is 9.72 Å². The summed E-state index contributed by atoms with van der Waals surface area (Å²) in [5.74, 6) is -0.342. The van der Waals surface area contributed by atoms with Gasteiger partial charge in [-0.15, -0.1) is 0 Å². The highest BCUT2D eigenvalue weighted by Gasteiger charge is 2.21. The SMILES string of the molecule is CN(c1nc(-c2ccc(F)cc2)c(C#N)s1)c1cn(CCN2CCOCC2)c(=O)c2ccc(N3CCNCC3)cc12. The molecular weight excluding hydrogens is 541 g/mol. The van der Waals surface area contributed by atoms with Gasteiger partial charge in [0.2, 0.25) is 0 Å². The second-order valence-corrected chi connectivity index (χ2v) is 11.3. The number of pyridine rings is 1. The number of aromatic nitrogens is 2. The van der Waals surface area contributed by atoms with Crippen molar-refractivity contribution in [3.05, 3.63) is 69.7 Å². The summed E-state index contributed by atoms with van der Waals surface area (Å²) in [5, 5.41) is 15.4. The fourth-order valence-corrected chi connectivity index (χ4v) is 6.28. The van der Waals surface area contributed by atoms with Crippen LogP contribution < -0.4 is 20.7 Å². The number of morpholine rings is 1. The molecule has 0 bridgehead atoms. The summed E-state index contributed by atoms with van der Waals surface area (Å²) < 4.78 is 20.8. The van der Waals surface area contributed by atoms with Crippen LogP contribution >= 0.6 is 11.3 Å². The van der Waals surface area contributed by atoms with Crippen LogP contribution in [0.15, 0.2) is 53.5 Å². The van der Waals surface area contributed by atoms with Crippen LogP contribution in [0.2, 0.25) is 0 Å². The zero-order valence-electron chi connectivity index (χ0n) is 23.0. The van der Waals surface area contributed by atoms with Gasteiger partial charge >= 0.3 is 0 Å². The van der Waals surface area contributed by atoms with Gasteiger partial charge in [-0.2, -0.15) is 5.26 Å². The van der Waals surface area contributed by atoms with Crippen LogP contribution in [-0.4, -0.2) is 80.5 Å².